The molecule has 0 unspecified atom stereocenters. The third kappa shape index (κ3) is 6.10. The molecule has 4 heterocycles. The van der Waals surface area contributed by atoms with Gasteiger partial charge in [0.2, 0.25) is 5.91 Å². The molecule has 2 aliphatic heterocycles. The summed E-state index contributed by atoms with van der Waals surface area (Å²) in [5, 5.41) is 6.66. The van der Waals surface area contributed by atoms with Gasteiger partial charge in [0, 0.05) is 37.5 Å². The Hall–Kier alpha value is -4.49. The van der Waals surface area contributed by atoms with Crippen molar-refractivity contribution < 1.29 is 27.5 Å². The van der Waals surface area contributed by atoms with Gasteiger partial charge < -0.3 is 20.3 Å². The van der Waals surface area contributed by atoms with E-state index in [1.54, 1.807) is 22.1 Å². The summed E-state index contributed by atoms with van der Waals surface area (Å²) in [5.41, 5.74) is 2.54. The molecular formula is C31H31N5O6S2. The van der Waals surface area contributed by atoms with Crippen LogP contribution in [0.15, 0.2) is 60.8 Å². The van der Waals surface area contributed by atoms with E-state index in [4.69, 9.17) is 4.74 Å². The van der Waals surface area contributed by atoms with Crippen LogP contribution in [-0.4, -0.2) is 61.0 Å². The lowest BCUT2D eigenvalue weighted by Crippen LogP contribution is -2.49. The number of carbonyl (C=O) groups excluding carboxylic acids is 3. The molecule has 0 radical (unpaired) electrons. The second kappa shape index (κ2) is 12.6. The summed E-state index contributed by atoms with van der Waals surface area (Å²) in [7, 11) is -2.51. The van der Waals surface area contributed by atoms with Gasteiger partial charge in [-0.25, -0.2) is 18.2 Å². The van der Waals surface area contributed by atoms with Gasteiger partial charge in [-0.2, -0.15) is 0 Å². The minimum atomic E-state index is -2.51. The molecule has 0 saturated carbocycles. The van der Waals surface area contributed by atoms with Crippen molar-refractivity contribution in [2.24, 2.45) is 0 Å². The maximum Gasteiger partial charge on any atom is 0.331 e. The second-order valence-corrected chi connectivity index (χ2v) is 12.9. The predicted octanol–water partition coefficient (Wildman–Crippen LogP) is 5.19. The summed E-state index contributed by atoms with van der Waals surface area (Å²) in [6, 6.07) is 16.1. The third-order valence-electron chi connectivity index (χ3n) is 7.68. The number of amides is 4. The van der Waals surface area contributed by atoms with Gasteiger partial charge >= 0.3 is 6.03 Å². The number of para-hydroxylation sites is 1. The first-order valence-corrected chi connectivity index (χ1v) is 16.5. The number of pyridine rings is 1. The van der Waals surface area contributed by atoms with E-state index >= 15 is 0 Å². The number of ether oxygens (including phenoxy) is 1. The first-order chi connectivity index (χ1) is 21.3. The zero-order chi connectivity index (χ0) is 30.8. The number of nitrogens with one attached hydrogen (secondary N) is 2. The van der Waals surface area contributed by atoms with Crippen LogP contribution in [0.5, 0.6) is 11.5 Å². The number of urea groups is 1. The number of piperidine rings is 1. The molecule has 6 rings (SSSR count). The highest BCUT2D eigenvalue weighted by Crippen LogP contribution is 2.46. The van der Waals surface area contributed by atoms with Crippen LogP contribution in [0.4, 0.5) is 21.9 Å². The molecule has 4 amide bonds. The van der Waals surface area contributed by atoms with Gasteiger partial charge in [-0.1, -0.05) is 18.2 Å². The molecule has 2 N–H and O–H groups in total. The highest BCUT2D eigenvalue weighted by Gasteiger charge is 2.34. The van der Waals surface area contributed by atoms with Crippen LogP contribution in [-0.2, 0) is 15.5 Å². The number of aromatic nitrogens is 1. The third-order valence-corrected chi connectivity index (χ3v) is 9.46. The van der Waals surface area contributed by atoms with Gasteiger partial charge in [-0.15, -0.1) is 11.3 Å². The van der Waals surface area contributed by atoms with Crippen LogP contribution in [0.3, 0.4) is 0 Å². The molecule has 0 spiro atoms. The lowest BCUT2D eigenvalue weighted by atomic mass is 10.0. The highest BCUT2D eigenvalue weighted by atomic mass is 32.2. The quantitative estimate of drug-likeness (QED) is 0.216. The molecule has 1 fully saturated rings. The minimum Gasteiger partial charge on any atom is -0.457 e. The van der Waals surface area contributed by atoms with E-state index < -0.39 is 16.7 Å². The Morgan fingerprint density at radius 2 is 1.93 bits per heavy atom. The van der Waals surface area contributed by atoms with E-state index in [0.717, 1.165) is 12.0 Å². The molecular weight excluding hydrogens is 603 g/mol. The van der Waals surface area contributed by atoms with Crippen molar-refractivity contribution in [1.29, 1.82) is 0 Å². The maximum absolute atomic E-state index is 13.6. The number of carbonyl (C=O) groups is 3. The Bertz CT molecular complexity index is 1820. The van der Waals surface area contributed by atoms with Crippen LogP contribution in [0, 0.1) is 6.92 Å². The fourth-order valence-electron chi connectivity index (χ4n) is 5.64. The molecule has 4 aromatic rings. The lowest BCUT2D eigenvalue weighted by molar-refractivity contribution is -0.132. The number of likely N-dealkylation sites (tertiary alicyclic amines) is 1. The van der Waals surface area contributed by atoms with E-state index in [9.17, 15) is 22.8 Å². The molecule has 11 nitrogen and oxygen atoms in total. The smallest absolute Gasteiger partial charge is 0.331 e. The standard InChI is InChI=1S/C31H31N5O6S2/c1-19-17-22(42-21-8-3-2-4-9-21)11-12-23(19)36-24-13-14-32-30-26(24)27(34-31(36)39)28(43-30)29(38)33-20-7-5-15-35(18-20)25(37)10-6-16-44(40)41/h2-4,8-9,11-14,17,20,44H,5-7,10,15-16,18H2,1H3,(H,33,38)(H,34,39)/t20-/m1/s1. The van der Waals surface area contributed by atoms with E-state index in [1.807, 2.05) is 55.5 Å². The molecule has 0 aliphatic carbocycles. The van der Waals surface area contributed by atoms with Crippen molar-refractivity contribution in [3.8, 4) is 11.5 Å². The van der Waals surface area contributed by atoms with Gasteiger partial charge in [0.05, 0.1) is 22.4 Å². The summed E-state index contributed by atoms with van der Waals surface area (Å²) < 4.78 is 27.6. The van der Waals surface area contributed by atoms with E-state index in [2.05, 4.69) is 15.6 Å². The van der Waals surface area contributed by atoms with Crippen molar-refractivity contribution in [3.05, 3.63) is 71.2 Å². The zero-order valence-corrected chi connectivity index (χ0v) is 25.7. The average Bonchev–Trinajstić information content (AvgIpc) is 3.38. The predicted molar refractivity (Wildman–Crippen MR) is 170 cm³/mol. The Morgan fingerprint density at radius 3 is 2.70 bits per heavy atom. The molecule has 0 bridgehead atoms. The molecule has 228 valence electrons. The number of anilines is 3. The number of hydrogen-bond acceptors (Lipinski definition) is 8. The Balaban J connectivity index is 1.21. The Labute approximate surface area is 259 Å². The molecule has 44 heavy (non-hydrogen) atoms. The van der Waals surface area contributed by atoms with Crippen LogP contribution < -0.4 is 20.3 Å². The zero-order valence-electron chi connectivity index (χ0n) is 23.9. The van der Waals surface area contributed by atoms with E-state index in [-0.39, 0.29) is 36.5 Å². The molecule has 2 aromatic heterocycles. The normalized spacial score (nSPS) is 16.2. The van der Waals surface area contributed by atoms with Gasteiger partial charge in [0.1, 0.15) is 31.9 Å². The second-order valence-electron chi connectivity index (χ2n) is 10.8. The molecule has 2 aromatic carbocycles. The lowest BCUT2D eigenvalue weighted by Gasteiger charge is -2.33. The molecule has 2 aliphatic rings. The summed E-state index contributed by atoms with van der Waals surface area (Å²) in [5.74, 6) is 0.878. The number of aryl methyl sites for hydroxylation is 1. The monoisotopic (exact) mass is 633 g/mol. The molecule has 1 saturated heterocycles. The van der Waals surface area contributed by atoms with Gasteiger partial charge in [-0.3, -0.25) is 14.5 Å². The Kier molecular flexibility index (Phi) is 8.49. The summed E-state index contributed by atoms with van der Waals surface area (Å²) in [6.45, 7) is 2.83. The number of nitrogens with zero attached hydrogens (tertiary/aromatic N) is 3. The topological polar surface area (TPSA) is 138 Å². The van der Waals surface area contributed by atoms with E-state index in [0.29, 0.717) is 63.2 Å². The Morgan fingerprint density at radius 1 is 1.11 bits per heavy atom. The summed E-state index contributed by atoms with van der Waals surface area (Å²) in [4.78, 5) is 48.5. The summed E-state index contributed by atoms with van der Waals surface area (Å²) >= 11 is 1.20. The summed E-state index contributed by atoms with van der Waals surface area (Å²) in [6.07, 6.45) is 3.49. The SMILES string of the molecule is Cc1cc(Oc2ccccc2)ccc1N1C(=O)Nc2c(C(=O)N[C@@H]3CCCN(C(=O)CCC[SH](=O)=O)C3)sc3nccc1c23. The van der Waals surface area contributed by atoms with Crippen molar-refractivity contribution in [2.75, 3.05) is 29.1 Å². The number of hydrogen-bond donors (Lipinski definition) is 3. The largest absolute Gasteiger partial charge is 0.457 e. The number of rotatable bonds is 9. The van der Waals surface area contributed by atoms with E-state index in [1.165, 1.54) is 11.3 Å². The number of thiol groups is 1. The average molecular weight is 634 g/mol. The first kappa shape index (κ1) is 29.6. The minimum absolute atomic E-state index is 0.0173. The fraction of sp³-hybridized carbons (Fsp3) is 0.290. The van der Waals surface area contributed by atoms with Gasteiger partial charge in [0.25, 0.3) is 5.91 Å². The number of benzene rings is 2. The number of thiophene rings is 1. The van der Waals surface area contributed by atoms with Crippen LogP contribution in [0.2, 0.25) is 0 Å². The molecule has 1 atom stereocenters. The van der Waals surface area contributed by atoms with Crippen LogP contribution in [0.1, 0.15) is 40.9 Å². The van der Waals surface area contributed by atoms with Crippen molar-refractivity contribution in [2.45, 2.75) is 38.6 Å². The highest BCUT2D eigenvalue weighted by molar-refractivity contribution is 7.72. The first-order valence-electron chi connectivity index (χ1n) is 14.3. The fourth-order valence-corrected chi connectivity index (χ4v) is 7.08. The van der Waals surface area contributed by atoms with Crippen molar-refractivity contribution in [3.63, 3.8) is 0 Å². The van der Waals surface area contributed by atoms with Crippen LogP contribution in [0.25, 0.3) is 10.2 Å². The van der Waals surface area contributed by atoms with Crippen molar-refractivity contribution >= 4 is 67.2 Å². The van der Waals surface area contributed by atoms with Gasteiger partial charge in [-0.05, 0) is 68.1 Å². The molecule has 13 heteroatoms. The maximum atomic E-state index is 13.6. The van der Waals surface area contributed by atoms with Gasteiger partial charge in [0.15, 0.2) is 0 Å². The van der Waals surface area contributed by atoms with Crippen molar-refractivity contribution in [1.82, 2.24) is 15.2 Å². The van der Waals surface area contributed by atoms with Crippen LogP contribution >= 0.6 is 11.3 Å².